The van der Waals surface area contributed by atoms with Gasteiger partial charge in [0, 0.05) is 12.2 Å². The molecule has 0 aromatic heterocycles. The van der Waals surface area contributed by atoms with Gasteiger partial charge in [-0.05, 0) is 54.4 Å². The van der Waals surface area contributed by atoms with Crippen LogP contribution in [0.3, 0.4) is 0 Å². The zero-order valence-corrected chi connectivity index (χ0v) is 19.9. The molecule has 35 heavy (non-hydrogen) atoms. The van der Waals surface area contributed by atoms with Crippen LogP contribution in [0, 0.1) is 0 Å². The fraction of sp³-hybridized carbons (Fsp3) is 0.222. The Hall–Kier alpha value is -4.33. The summed E-state index contributed by atoms with van der Waals surface area (Å²) in [4.78, 5) is 42.8. The molecule has 8 heteroatoms. The molecule has 0 saturated carbocycles. The number of likely N-dealkylation sites (N-methyl/N-ethyl adjacent to an activating group) is 1. The minimum Gasteiger partial charge on any atom is -0.497 e. The summed E-state index contributed by atoms with van der Waals surface area (Å²) in [5.74, 6) is 0.338. The first-order chi connectivity index (χ1) is 16.9. The smallest absolute Gasteiger partial charge is 0.326 e. The standard InChI is InChI=1S/C27H27N3O5/c1-4-29(21-8-6-5-7-9-21)24(31)18-30-25(32)27(28-26(30)33,19-10-14-22(34-2)15-11-19)20-12-16-23(35-3)17-13-20/h5-17H,4,18H2,1-3H3,(H,28,33). The van der Waals surface area contributed by atoms with Gasteiger partial charge in [-0.15, -0.1) is 0 Å². The number of rotatable bonds is 8. The molecule has 0 atom stereocenters. The third kappa shape index (κ3) is 4.30. The Balaban J connectivity index is 1.72. The van der Waals surface area contributed by atoms with Crippen LogP contribution in [-0.2, 0) is 15.1 Å². The second-order valence-corrected chi connectivity index (χ2v) is 8.00. The lowest BCUT2D eigenvalue weighted by atomic mass is 9.82. The molecule has 0 bridgehead atoms. The Morgan fingerprint density at radius 3 is 1.83 bits per heavy atom. The van der Waals surface area contributed by atoms with Gasteiger partial charge < -0.3 is 19.7 Å². The van der Waals surface area contributed by atoms with Crippen molar-refractivity contribution in [2.24, 2.45) is 0 Å². The number of imide groups is 1. The van der Waals surface area contributed by atoms with Crippen molar-refractivity contribution in [1.29, 1.82) is 0 Å². The van der Waals surface area contributed by atoms with Gasteiger partial charge in [0.25, 0.3) is 5.91 Å². The van der Waals surface area contributed by atoms with Gasteiger partial charge >= 0.3 is 6.03 Å². The van der Waals surface area contributed by atoms with E-state index in [1.807, 2.05) is 37.3 Å². The van der Waals surface area contributed by atoms with Crippen molar-refractivity contribution in [3.05, 3.63) is 90.0 Å². The molecular weight excluding hydrogens is 446 g/mol. The number of hydrogen-bond acceptors (Lipinski definition) is 5. The summed E-state index contributed by atoms with van der Waals surface area (Å²) in [6, 6.07) is 22.3. The number of carbonyl (C=O) groups excluding carboxylic acids is 3. The van der Waals surface area contributed by atoms with Crippen molar-refractivity contribution in [1.82, 2.24) is 10.2 Å². The predicted octanol–water partition coefficient (Wildman–Crippen LogP) is 3.55. The summed E-state index contributed by atoms with van der Waals surface area (Å²) in [5, 5.41) is 2.86. The molecule has 3 aromatic carbocycles. The topological polar surface area (TPSA) is 88.2 Å². The van der Waals surface area contributed by atoms with E-state index in [2.05, 4.69) is 5.32 Å². The molecule has 180 valence electrons. The number of methoxy groups -OCH3 is 2. The van der Waals surface area contributed by atoms with Gasteiger partial charge in [-0.2, -0.15) is 0 Å². The average molecular weight is 474 g/mol. The fourth-order valence-corrected chi connectivity index (χ4v) is 4.29. The number of hydrogen-bond donors (Lipinski definition) is 1. The summed E-state index contributed by atoms with van der Waals surface area (Å²) >= 11 is 0. The number of urea groups is 1. The van der Waals surface area contributed by atoms with E-state index in [4.69, 9.17) is 9.47 Å². The maximum Gasteiger partial charge on any atom is 0.326 e. The highest BCUT2D eigenvalue weighted by Crippen LogP contribution is 2.37. The van der Waals surface area contributed by atoms with Crippen LogP contribution in [0.2, 0.25) is 0 Å². The lowest BCUT2D eigenvalue weighted by molar-refractivity contribution is -0.133. The Labute approximate surface area is 204 Å². The second-order valence-electron chi connectivity index (χ2n) is 8.00. The first-order valence-corrected chi connectivity index (χ1v) is 11.2. The summed E-state index contributed by atoms with van der Waals surface area (Å²) in [5.41, 5.74) is 0.294. The third-order valence-corrected chi connectivity index (χ3v) is 6.13. The Morgan fingerprint density at radius 1 is 0.857 bits per heavy atom. The highest BCUT2D eigenvalue weighted by molar-refractivity contribution is 6.12. The van der Waals surface area contributed by atoms with Gasteiger partial charge in [0.2, 0.25) is 5.91 Å². The van der Waals surface area contributed by atoms with Gasteiger partial charge in [0.15, 0.2) is 5.54 Å². The summed E-state index contributed by atoms with van der Waals surface area (Å²) in [7, 11) is 3.10. The summed E-state index contributed by atoms with van der Waals surface area (Å²) in [6.45, 7) is 1.85. The van der Waals surface area contributed by atoms with Gasteiger partial charge in [0.05, 0.1) is 14.2 Å². The number of ether oxygens (including phenoxy) is 2. The van der Waals surface area contributed by atoms with Crippen molar-refractivity contribution in [2.45, 2.75) is 12.5 Å². The fourth-order valence-electron chi connectivity index (χ4n) is 4.29. The Bertz CT molecular complexity index is 1160. The first kappa shape index (κ1) is 23.8. The van der Waals surface area contributed by atoms with E-state index in [0.29, 0.717) is 34.9 Å². The van der Waals surface area contributed by atoms with Crippen LogP contribution >= 0.6 is 0 Å². The van der Waals surface area contributed by atoms with E-state index >= 15 is 0 Å². The number of amides is 4. The van der Waals surface area contributed by atoms with Crippen molar-refractivity contribution in [3.8, 4) is 11.5 Å². The molecule has 1 aliphatic heterocycles. The van der Waals surface area contributed by atoms with Crippen LogP contribution in [0.25, 0.3) is 0 Å². The summed E-state index contributed by atoms with van der Waals surface area (Å²) < 4.78 is 10.5. The molecule has 0 spiro atoms. The van der Waals surface area contributed by atoms with Crippen LogP contribution in [0.15, 0.2) is 78.9 Å². The Kier molecular flexibility index (Phi) is 6.73. The lowest BCUT2D eigenvalue weighted by Crippen LogP contribution is -2.46. The summed E-state index contributed by atoms with van der Waals surface area (Å²) in [6.07, 6.45) is 0. The van der Waals surface area contributed by atoms with Crippen LogP contribution in [0.5, 0.6) is 11.5 Å². The van der Waals surface area contributed by atoms with Gasteiger partial charge in [-0.25, -0.2) is 4.79 Å². The number of carbonyl (C=O) groups is 3. The highest BCUT2D eigenvalue weighted by atomic mass is 16.5. The molecule has 1 heterocycles. The van der Waals surface area contributed by atoms with E-state index in [9.17, 15) is 14.4 Å². The molecule has 0 aliphatic carbocycles. The van der Waals surface area contributed by atoms with Crippen molar-refractivity contribution in [2.75, 3.05) is 32.2 Å². The van der Waals surface area contributed by atoms with Crippen LogP contribution in [0.4, 0.5) is 10.5 Å². The molecule has 3 aromatic rings. The second kappa shape index (κ2) is 9.89. The zero-order chi connectivity index (χ0) is 25.0. The molecule has 0 unspecified atom stereocenters. The largest absolute Gasteiger partial charge is 0.497 e. The number of para-hydroxylation sites is 1. The molecule has 1 N–H and O–H groups in total. The van der Waals surface area contributed by atoms with Crippen LogP contribution < -0.4 is 19.7 Å². The maximum atomic E-state index is 13.9. The van der Waals surface area contributed by atoms with Crippen LogP contribution in [-0.4, -0.2) is 50.1 Å². The minimum absolute atomic E-state index is 0.359. The van der Waals surface area contributed by atoms with Crippen molar-refractivity contribution >= 4 is 23.5 Å². The number of benzene rings is 3. The molecular formula is C27H27N3O5. The lowest BCUT2D eigenvalue weighted by Gasteiger charge is -2.28. The van der Waals surface area contributed by atoms with Gasteiger partial charge in [-0.3, -0.25) is 14.5 Å². The normalized spacial score (nSPS) is 14.4. The maximum absolute atomic E-state index is 13.9. The van der Waals surface area contributed by atoms with Crippen molar-refractivity contribution < 1.29 is 23.9 Å². The average Bonchev–Trinajstić information content (AvgIpc) is 3.15. The number of anilines is 1. The first-order valence-electron chi connectivity index (χ1n) is 11.2. The molecule has 1 aliphatic rings. The number of nitrogens with one attached hydrogen (secondary N) is 1. The Morgan fingerprint density at radius 2 is 1.37 bits per heavy atom. The molecule has 4 amide bonds. The molecule has 8 nitrogen and oxygen atoms in total. The molecule has 1 saturated heterocycles. The SMILES string of the molecule is CCN(C(=O)CN1C(=O)NC(c2ccc(OC)cc2)(c2ccc(OC)cc2)C1=O)c1ccccc1. The monoisotopic (exact) mass is 473 g/mol. The van der Waals surface area contributed by atoms with Gasteiger partial charge in [0.1, 0.15) is 18.0 Å². The van der Waals surface area contributed by atoms with Crippen LogP contribution in [0.1, 0.15) is 18.1 Å². The quantitative estimate of drug-likeness (QED) is 0.506. The van der Waals surface area contributed by atoms with E-state index < -0.39 is 17.5 Å². The molecule has 4 rings (SSSR count). The predicted molar refractivity (Wildman–Crippen MR) is 131 cm³/mol. The van der Waals surface area contributed by atoms with E-state index in [1.54, 1.807) is 67.7 Å². The zero-order valence-electron chi connectivity index (χ0n) is 19.9. The minimum atomic E-state index is -1.50. The molecule has 1 fully saturated rings. The van der Waals surface area contributed by atoms with Crippen molar-refractivity contribution in [3.63, 3.8) is 0 Å². The van der Waals surface area contributed by atoms with E-state index in [0.717, 1.165) is 4.90 Å². The van der Waals surface area contributed by atoms with E-state index in [-0.39, 0.29) is 12.5 Å². The third-order valence-electron chi connectivity index (χ3n) is 6.13. The number of nitrogens with zero attached hydrogens (tertiary/aromatic N) is 2. The molecule has 0 radical (unpaired) electrons. The van der Waals surface area contributed by atoms with Gasteiger partial charge in [-0.1, -0.05) is 42.5 Å². The van der Waals surface area contributed by atoms with E-state index in [1.165, 1.54) is 0 Å². The highest BCUT2D eigenvalue weighted by Gasteiger charge is 2.54.